The van der Waals surface area contributed by atoms with E-state index < -0.39 is 0 Å². The average Bonchev–Trinajstić information content (AvgIpc) is 3.30. The highest BCUT2D eigenvalue weighted by molar-refractivity contribution is 7.14. The molecule has 0 aliphatic rings. The van der Waals surface area contributed by atoms with Crippen LogP contribution in [-0.2, 0) is 6.54 Å². The minimum absolute atomic E-state index is 0.0190. The third-order valence-corrected chi connectivity index (χ3v) is 6.09. The number of thiazole rings is 1. The summed E-state index contributed by atoms with van der Waals surface area (Å²) in [6.45, 7) is 8.76. The summed E-state index contributed by atoms with van der Waals surface area (Å²) in [5.41, 5.74) is 3.79. The second-order valence-corrected chi connectivity index (χ2v) is 9.13. The molecule has 3 aromatic rings. The van der Waals surface area contributed by atoms with Crippen LogP contribution in [0.4, 0.5) is 5.13 Å². The fourth-order valence-corrected chi connectivity index (χ4v) is 4.21. The number of aromatic nitrogens is 1. The Bertz CT molecular complexity index is 998. The molecular formula is C26H33N3O2S. The van der Waals surface area contributed by atoms with Gasteiger partial charge >= 0.3 is 0 Å². The first-order valence-corrected chi connectivity index (χ1v) is 12.1. The molecule has 0 saturated heterocycles. The number of rotatable bonds is 11. The lowest BCUT2D eigenvalue weighted by Crippen LogP contribution is -2.27. The molecule has 0 aliphatic heterocycles. The van der Waals surface area contributed by atoms with Gasteiger partial charge in [0.05, 0.1) is 12.8 Å². The zero-order valence-electron chi connectivity index (χ0n) is 19.4. The van der Waals surface area contributed by atoms with Gasteiger partial charge in [-0.15, -0.1) is 11.3 Å². The van der Waals surface area contributed by atoms with Gasteiger partial charge in [0.25, 0.3) is 5.91 Å². The van der Waals surface area contributed by atoms with Crippen molar-refractivity contribution >= 4 is 22.4 Å². The molecule has 1 amide bonds. The van der Waals surface area contributed by atoms with Crippen LogP contribution in [0.25, 0.3) is 11.3 Å². The largest absolute Gasteiger partial charge is 0.496 e. The smallest absolute Gasteiger partial charge is 0.251 e. The monoisotopic (exact) mass is 451 g/mol. The van der Waals surface area contributed by atoms with E-state index in [1.165, 1.54) is 0 Å². The quantitative estimate of drug-likeness (QED) is 0.388. The lowest BCUT2D eigenvalue weighted by molar-refractivity contribution is 0.0949. The number of unbranched alkanes of at least 4 members (excludes halogenated alkanes) is 1. The van der Waals surface area contributed by atoms with E-state index >= 15 is 0 Å². The van der Waals surface area contributed by atoms with E-state index in [9.17, 15) is 4.79 Å². The fourth-order valence-electron chi connectivity index (χ4n) is 3.36. The molecule has 0 radical (unpaired) electrons. The number of ether oxygens (including phenoxy) is 1. The molecule has 6 heteroatoms. The molecule has 1 heterocycles. The molecule has 2 aromatic carbocycles. The third kappa shape index (κ3) is 6.33. The van der Waals surface area contributed by atoms with Crippen LogP contribution in [0.2, 0.25) is 0 Å². The highest BCUT2D eigenvalue weighted by atomic mass is 32.1. The summed E-state index contributed by atoms with van der Waals surface area (Å²) in [6, 6.07) is 15.9. The van der Waals surface area contributed by atoms with Gasteiger partial charge in [-0.05, 0) is 42.2 Å². The van der Waals surface area contributed by atoms with Gasteiger partial charge in [0.15, 0.2) is 5.13 Å². The van der Waals surface area contributed by atoms with Gasteiger partial charge in [-0.25, -0.2) is 4.98 Å². The van der Waals surface area contributed by atoms with Crippen LogP contribution in [0.15, 0.2) is 53.9 Å². The van der Waals surface area contributed by atoms with E-state index in [0.29, 0.717) is 18.0 Å². The zero-order chi connectivity index (χ0) is 22.9. The Morgan fingerprint density at radius 3 is 2.59 bits per heavy atom. The normalized spacial score (nSPS) is 10.9. The molecule has 1 N–H and O–H groups in total. The molecule has 1 aromatic heterocycles. The summed E-state index contributed by atoms with van der Waals surface area (Å²) < 4.78 is 5.51. The van der Waals surface area contributed by atoms with E-state index in [4.69, 9.17) is 9.72 Å². The zero-order valence-corrected chi connectivity index (χ0v) is 20.2. The number of methoxy groups -OCH3 is 1. The summed E-state index contributed by atoms with van der Waals surface area (Å²) in [5.74, 6) is 1.25. The van der Waals surface area contributed by atoms with E-state index in [1.807, 2.05) is 48.5 Å². The molecule has 170 valence electrons. The summed E-state index contributed by atoms with van der Waals surface area (Å²) in [4.78, 5) is 19.5. The van der Waals surface area contributed by atoms with Gasteiger partial charge in [0.2, 0.25) is 0 Å². The Hall–Kier alpha value is -2.86. The SMILES string of the molecule is CCCCN(Cc1ccc(C(=O)NCC(C)C)cc1)c1nc(-c2ccccc2OC)cs1. The predicted octanol–water partition coefficient (Wildman–Crippen LogP) is 6.01. The third-order valence-electron chi connectivity index (χ3n) is 5.19. The topological polar surface area (TPSA) is 54.5 Å². The van der Waals surface area contributed by atoms with Crippen LogP contribution >= 0.6 is 11.3 Å². The second kappa shape index (κ2) is 11.7. The Morgan fingerprint density at radius 1 is 1.16 bits per heavy atom. The fraction of sp³-hybridized carbons (Fsp3) is 0.385. The number of hydrogen-bond acceptors (Lipinski definition) is 5. The molecule has 32 heavy (non-hydrogen) atoms. The number of carbonyl (C=O) groups excluding carboxylic acids is 1. The molecule has 0 unspecified atom stereocenters. The van der Waals surface area contributed by atoms with E-state index in [-0.39, 0.29) is 5.91 Å². The summed E-state index contributed by atoms with van der Waals surface area (Å²) in [7, 11) is 1.69. The second-order valence-electron chi connectivity index (χ2n) is 8.29. The number of benzene rings is 2. The van der Waals surface area contributed by atoms with Crippen molar-refractivity contribution in [2.24, 2.45) is 5.92 Å². The maximum Gasteiger partial charge on any atom is 0.251 e. The molecule has 0 saturated carbocycles. The van der Waals surface area contributed by atoms with E-state index in [0.717, 1.165) is 53.6 Å². The van der Waals surface area contributed by atoms with Crippen molar-refractivity contribution in [3.05, 3.63) is 65.0 Å². The van der Waals surface area contributed by atoms with Gasteiger partial charge in [-0.2, -0.15) is 0 Å². The molecule has 0 atom stereocenters. The highest BCUT2D eigenvalue weighted by Crippen LogP contribution is 2.33. The van der Waals surface area contributed by atoms with Gasteiger partial charge in [-0.3, -0.25) is 4.79 Å². The van der Waals surface area contributed by atoms with Crippen LogP contribution in [0.1, 0.15) is 49.5 Å². The minimum Gasteiger partial charge on any atom is -0.496 e. The van der Waals surface area contributed by atoms with Crippen molar-refractivity contribution in [1.29, 1.82) is 0 Å². The number of nitrogens with zero attached hydrogens (tertiary/aromatic N) is 2. The molecule has 0 bridgehead atoms. The Morgan fingerprint density at radius 2 is 1.91 bits per heavy atom. The number of amides is 1. The first-order chi connectivity index (χ1) is 15.5. The maximum absolute atomic E-state index is 12.3. The number of para-hydroxylation sites is 1. The first-order valence-electron chi connectivity index (χ1n) is 11.2. The minimum atomic E-state index is -0.0190. The van der Waals surface area contributed by atoms with Crippen LogP contribution < -0.4 is 15.0 Å². The van der Waals surface area contributed by atoms with Crippen molar-refractivity contribution in [3.63, 3.8) is 0 Å². The molecular weight excluding hydrogens is 418 g/mol. The first kappa shape index (κ1) is 23.8. The Balaban J connectivity index is 1.75. The van der Waals surface area contributed by atoms with E-state index in [2.05, 4.69) is 36.4 Å². The molecule has 0 aliphatic carbocycles. The van der Waals surface area contributed by atoms with Crippen LogP contribution in [0.3, 0.4) is 0 Å². The Labute approximate surface area is 195 Å². The lowest BCUT2D eigenvalue weighted by Gasteiger charge is -2.22. The van der Waals surface area contributed by atoms with Crippen molar-refractivity contribution in [1.82, 2.24) is 10.3 Å². The highest BCUT2D eigenvalue weighted by Gasteiger charge is 2.15. The average molecular weight is 452 g/mol. The molecule has 0 spiro atoms. The van der Waals surface area contributed by atoms with Crippen molar-refractivity contribution in [3.8, 4) is 17.0 Å². The van der Waals surface area contributed by atoms with Crippen molar-refractivity contribution in [2.75, 3.05) is 25.1 Å². The van der Waals surface area contributed by atoms with Crippen LogP contribution in [0.5, 0.6) is 5.75 Å². The van der Waals surface area contributed by atoms with Gasteiger partial charge in [0.1, 0.15) is 5.75 Å². The van der Waals surface area contributed by atoms with Gasteiger partial charge in [0, 0.05) is 36.1 Å². The van der Waals surface area contributed by atoms with E-state index in [1.54, 1.807) is 18.4 Å². The van der Waals surface area contributed by atoms with Crippen LogP contribution in [-0.4, -0.2) is 31.1 Å². The standard InChI is InChI=1S/C26H33N3O2S/c1-5-6-15-29(17-20-11-13-21(14-12-20)25(30)27-16-19(2)3)26-28-23(18-32-26)22-9-7-8-10-24(22)31-4/h7-14,18-19H,5-6,15-17H2,1-4H3,(H,27,30). The number of nitrogens with one attached hydrogen (secondary N) is 1. The van der Waals surface area contributed by atoms with Crippen molar-refractivity contribution < 1.29 is 9.53 Å². The summed E-state index contributed by atoms with van der Waals surface area (Å²) in [6.07, 6.45) is 2.22. The predicted molar refractivity (Wildman–Crippen MR) is 134 cm³/mol. The molecule has 0 fully saturated rings. The summed E-state index contributed by atoms with van der Waals surface area (Å²) in [5, 5.41) is 6.06. The Kier molecular flexibility index (Phi) is 8.68. The number of hydrogen-bond donors (Lipinski definition) is 1. The molecule has 5 nitrogen and oxygen atoms in total. The lowest BCUT2D eigenvalue weighted by atomic mass is 10.1. The van der Waals surface area contributed by atoms with Crippen LogP contribution in [0, 0.1) is 5.92 Å². The summed E-state index contributed by atoms with van der Waals surface area (Å²) >= 11 is 1.65. The maximum atomic E-state index is 12.3. The number of anilines is 1. The van der Waals surface area contributed by atoms with Crippen molar-refractivity contribution in [2.45, 2.75) is 40.2 Å². The van der Waals surface area contributed by atoms with Gasteiger partial charge in [-0.1, -0.05) is 51.5 Å². The molecule has 3 rings (SSSR count). The number of carbonyl (C=O) groups is 1. The van der Waals surface area contributed by atoms with Gasteiger partial charge < -0.3 is 15.0 Å².